The van der Waals surface area contributed by atoms with Gasteiger partial charge in [0.2, 0.25) is 0 Å². The van der Waals surface area contributed by atoms with Gasteiger partial charge in [-0.1, -0.05) is 162 Å². The molecular formula is C59H50N2. The van der Waals surface area contributed by atoms with Crippen LogP contribution in [0.2, 0.25) is 0 Å². The predicted molar refractivity (Wildman–Crippen MR) is 257 cm³/mol. The average Bonchev–Trinajstić information content (AvgIpc) is 4.06. The summed E-state index contributed by atoms with van der Waals surface area (Å²) in [6.45, 7) is 9.64. The second kappa shape index (κ2) is 13.4. The molecule has 0 radical (unpaired) electrons. The van der Waals surface area contributed by atoms with E-state index in [4.69, 9.17) is 0 Å². The number of anilines is 3. The van der Waals surface area contributed by atoms with E-state index in [1.807, 2.05) is 0 Å². The fraction of sp³-hybridized carbons (Fsp3) is 0.186. The molecule has 0 amide bonds. The van der Waals surface area contributed by atoms with Crippen LogP contribution >= 0.6 is 0 Å². The van der Waals surface area contributed by atoms with Crippen molar-refractivity contribution < 1.29 is 0 Å². The summed E-state index contributed by atoms with van der Waals surface area (Å²) in [5, 5.41) is 2.53. The third-order valence-corrected chi connectivity index (χ3v) is 14.7. The van der Waals surface area contributed by atoms with E-state index in [0.717, 1.165) is 5.69 Å². The molecule has 0 spiro atoms. The molecule has 0 bridgehead atoms. The van der Waals surface area contributed by atoms with Gasteiger partial charge in [-0.2, -0.15) is 0 Å². The van der Waals surface area contributed by atoms with Crippen molar-refractivity contribution in [3.05, 3.63) is 204 Å². The topological polar surface area (TPSA) is 8.17 Å². The van der Waals surface area contributed by atoms with Crippen LogP contribution in [0, 0.1) is 0 Å². The van der Waals surface area contributed by atoms with Crippen molar-refractivity contribution in [2.45, 2.75) is 70.1 Å². The standard InChI is InChI=1S/C59H50N2/c1-58(2)51-25-12-10-21-50(51)56-47(22-15-26-52(56)58)49-24-14-23-48-44-34-32-42(36-53(44)59(3,4)57(48)49)60(41-30-28-39(29-31-41)38-16-8-9-17-38)43-33-35-46-45-20-11-13-27-54(45)61(55(46)37-43)40-18-6-5-7-19-40/h5-7,10-15,18-38H,8-9,16-17H2,1-4H3. The van der Waals surface area contributed by atoms with Crippen LogP contribution in [0.25, 0.3) is 60.9 Å². The van der Waals surface area contributed by atoms with Crippen LogP contribution in [0.5, 0.6) is 0 Å². The van der Waals surface area contributed by atoms with E-state index in [9.17, 15) is 0 Å². The van der Waals surface area contributed by atoms with Crippen molar-refractivity contribution in [1.29, 1.82) is 0 Å². The van der Waals surface area contributed by atoms with Crippen molar-refractivity contribution >= 4 is 38.9 Å². The SMILES string of the molecule is CC1(C)c2ccccc2-c2c(-c3cccc4c3C(C)(C)c3cc(N(c5ccc(C6CCCC6)cc5)c5ccc6c7ccccc7n(-c7ccccc7)c6c5)ccc3-4)cccc21. The molecule has 296 valence electrons. The molecule has 0 atom stereocenters. The molecule has 0 unspecified atom stereocenters. The number of fused-ring (bicyclic) bond motifs is 9. The van der Waals surface area contributed by atoms with Gasteiger partial charge in [0.15, 0.2) is 0 Å². The molecule has 0 saturated heterocycles. The number of hydrogen-bond donors (Lipinski definition) is 0. The van der Waals surface area contributed by atoms with Gasteiger partial charge < -0.3 is 9.47 Å². The molecule has 2 heteroatoms. The van der Waals surface area contributed by atoms with Gasteiger partial charge in [0, 0.05) is 44.4 Å². The Hall–Kier alpha value is -6.64. The fourth-order valence-electron chi connectivity index (χ4n) is 11.8. The molecule has 8 aromatic carbocycles. The van der Waals surface area contributed by atoms with E-state index in [1.165, 1.54) is 126 Å². The van der Waals surface area contributed by atoms with E-state index >= 15 is 0 Å². The van der Waals surface area contributed by atoms with Gasteiger partial charge in [0.05, 0.1) is 11.0 Å². The summed E-state index contributed by atoms with van der Waals surface area (Å²) in [7, 11) is 0. The Bertz CT molecular complexity index is 3190. The first-order valence-corrected chi connectivity index (χ1v) is 22.3. The Balaban J connectivity index is 1.03. The van der Waals surface area contributed by atoms with Crippen molar-refractivity contribution in [2.24, 2.45) is 0 Å². The lowest BCUT2D eigenvalue weighted by Crippen LogP contribution is -2.18. The Labute approximate surface area is 359 Å². The third kappa shape index (κ3) is 5.34. The van der Waals surface area contributed by atoms with Gasteiger partial charge in [-0.3, -0.25) is 0 Å². The highest BCUT2D eigenvalue weighted by Crippen LogP contribution is 2.57. The summed E-state index contributed by atoms with van der Waals surface area (Å²) in [6, 6.07) is 66.5. The molecule has 1 saturated carbocycles. The lowest BCUT2D eigenvalue weighted by Gasteiger charge is -2.29. The van der Waals surface area contributed by atoms with Gasteiger partial charge >= 0.3 is 0 Å². The summed E-state index contributed by atoms with van der Waals surface area (Å²) >= 11 is 0. The molecule has 9 aromatic rings. The van der Waals surface area contributed by atoms with Gasteiger partial charge in [-0.25, -0.2) is 0 Å². The molecule has 3 aliphatic carbocycles. The van der Waals surface area contributed by atoms with Crippen molar-refractivity contribution in [2.75, 3.05) is 4.90 Å². The van der Waals surface area contributed by atoms with E-state index in [1.54, 1.807) is 0 Å². The van der Waals surface area contributed by atoms with Crippen LogP contribution in [0.1, 0.15) is 87.1 Å². The maximum Gasteiger partial charge on any atom is 0.0561 e. The Morgan fingerprint density at radius 1 is 0.443 bits per heavy atom. The van der Waals surface area contributed by atoms with Crippen LogP contribution in [-0.4, -0.2) is 4.57 Å². The molecular weight excluding hydrogens is 737 g/mol. The van der Waals surface area contributed by atoms with Gasteiger partial charge in [0.25, 0.3) is 0 Å². The quantitative estimate of drug-likeness (QED) is 0.163. The molecule has 1 heterocycles. The highest BCUT2D eigenvalue weighted by Gasteiger charge is 2.41. The van der Waals surface area contributed by atoms with Crippen LogP contribution in [0.4, 0.5) is 17.1 Å². The van der Waals surface area contributed by atoms with E-state index in [0.29, 0.717) is 5.92 Å². The Morgan fingerprint density at radius 3 is 1.87 bits per heavy atom. The number of para-hydroxylation sites is 2. The Kier molecular flexibility index (Phi) is 7.98. The van der Waals surface area contributed by atoms with Gasteiger partial charge in [0.1, 0.15) is 0 Å². The fourth-order valence-corrected chi connectivity index (χ4v) is 11.8. The first kappa shape index (κ1) is 36.2. The van der Waals surface area contributed by atoms with Gasteiger partial charge in [-0.15, -0.1) is 0 Å². The summed E-state index contributed by atoms with van der Waals surface area (Å²) in [5.41, 5.74) is 22.0. The molecule has 3 aliphatic rings. The molecule has 0 aliphatic heterocycles. The molecule has 1 aromatic heterocycles. The van der Waals surface area contributed by atoms with Crippen molar-refractivity contribution in [1.82, 2.24) is 4.57 Å². The molecule has 1 fully saturated rings. The smallest absolute Gasteiger partial charge is 0.0561 e. The zero-order chi connectivity index (χ0) is 41.0. The minimum Gasteiger partial charge on any atom is -0.310 e. The second-order valence-electron chi connectivity index (χ2n) is 18.8. The number of nitrogens with zero attached hydrogens (tertiary/aromatic N) is 2. The lowest BCUT2D eigenvalue weighted by molar-refractivity contribution is 0.659. The van der Waals surface area contributed by atoms with Gasteiger partial charge in [-0.05, 0) is 135 Å². The molecule has 2 nitrogen and oxygen atoms in total. The summed E-state index contributed by atoms with van der Waals surface area (Å²) in [4.78, 5) is 2.49. The van der Waals surface area contributed by atoms with E-state index < -0.39 is 0 Å². The molecule has 0 N–H and O–H groups in total. The first-order chi connectivity index (χ1) is 29.8. The normalized spacial score (nSPS) is 15.8. The van der Waals surface area contributed by atoms with Crippen molar-refractivity contribution in [3.8, 4) is 39.1 Å². The van der Waals surface area contributed by atoms with Crippen molar-refractivity contribution in [3.63, 3.8) is 0 Å². The highest BCUT2D eigenvalue weighted by atomic mass is 15.1. The predicted octanol–water partition coefficient (Wildman–Crippen LogP) is 16.2. The summed E-state index contributed by atoms with van der Waals surface area (Å²) in [6.07, 6.45) is 5.26. The maximum absolute atomic E-state index is 2.49. The number of rotatable bonds is 6. The number of aromatic nitrogens is 1. The largest absolute Gasteiger partial charge is 0.310 e. The monoisotopic (exact) mass is 786 g/mol. The maximum atomic E-state index is 2.49. The zero-order valence-electron chi connectivity index (χ0n) is 35.5. The third-order valence-electron chi connectivity index (χ3n) is 14.7. The Morgan fingerprint density at radius 2 is 1.05 bits per heavy atom. The highest BCUT2D eigenvalue weighted by molar-refractivity contribution is 6.10. The first-order valence-electron chi connectivity index (χ1n) is 22.3. The zero-order valence-corrected chi connectivity index (χ0v) is 35.5. The minimum absolute atomic E-state index is 0.0511. The van der Waals surface area contributed by atoms with Crippen LogP contribution in [0.15, 0.2) is 176 Å². The minimum atomic E-state index is -0.241. The number of benzene rings is 8. The molecule has 61 heavy (non-hydrogen) atoms. The average molecular weight is 787 g/mol. The van der Waals surface area contributed by atoms with Crippen LogP contribution in [-0.2, 0) is 10.8 Å². The summed E-state index contributed by atoms with van der Waals surface area (Å²) < 4.78 is 2.43. The van der Waals surface area contributed by atoms with Crippen LogP contribution in [0.3, 0.4) is 0 Å². The van der Waals surface area contributed by atoms with E-state index in [-0.39, 0.29) is 10.8 Å². The van der Waals surface area contributed by atoms with E-state index in [2.05, 4.69) is 213 Å². The lowest BCUT2D eigenvalue weighted by atomic mass is 9.77. The number of hydrogen-bond acceptors (Lipinski definition) is 1. The second-order valence-corrected chi connectivity index (χ2v) is 18.8. The molecule has 12 rings (SSSR count). The van der Waals surface area contributed by atoms with Crippen LogP contribution < -0.4 is 4.90 Å². The summed E-state index contributed by atoms with van der Waals surface area (Å²) in [5.74, 6) is 0.666.